The molecule has 1 aromatic carbocycles. The summed E-state index contributed by atoms with van der Waals surface area (Å²) in [4.78, 5) is 0. The summed E-state index contributed by atoms with van der Waals surface area (Å²) in [6.45, 7) is 3.10. The minimum atomic E-state index is 0.278. The molecule has 3 rings (SSSR count). The SMILES string of the molecule is CCCc1ccc(O)c(-c2cn(CC3CCC3)nn2)c1. The van der Waals surface area contributed by atoms with Crippen molar-refractivity contribution in [2.45, 2.75) is 45.6 Å². The Labute approximate surface area is 119 Å². The third-order valence-corrected chi connectivity index (χ3v) is 4.08. The Kier molecular flexibility index (Phi) is 3.72. The predicted octanol–water partition coefficient (Wildman–Crippen LogP) is 3.40. The van der Waals surface area contributed by atoms with Gasteiger partial charge in [0.25, 0.3) is 0 Å². The van der Waals surface area contributed by atoms with Crippen LogP contribution >= 0.6 is 0 Å². The molecule has 0 spiro atoms. The summed E-state index contributed by atoms with van der Waals surface area (Å²) in [5.41, 5.74) is 2.78. The number of hydrogen-bond acceptors (Lipinski definition) is 3. The summed E-state index contributed by atoms with van der Waals surface area (Å²) in [5.74, 6) is 1.03. The summed E-state index contributed by atoms with van der Waals surface area (Å²) in [6, 6.07) is 5.75. The first-order chi connectivity index (χ1) is 9.76. The normalized spacial score (nSPS) is 15.2. The van der Waals surface area contributed by atoms with Crippen LogP contribution in [-0.2, 0) is 13.0 Å². The van der Waals surface area contributed by atoms with E-state index in [4.69, 9.17) is 0 Å². The Balaban J connectivity index is 1.82. The number of phenols is 1. The summed E-state index contributed by atoms with van der Waals surface area (Å²) >= 11 is 0. The molecule has 1 aromatic heterocycles. The number of aryl methyl sites for hydroxylation is 1. The number of hydrogen-bond donors (Lipinski definition) is 1. The van der Waals surface area contributed by atoms with E-state index in [0.29, 0.717) is 0 Å². The molecule has 1 fully saturated rings. The quantitative estimate of drug-likeness (QED) is 0.906. The Morgan fingerprint density at radius 2 is 2.20 bits per heavy atom. The van der Waals surface area contributed by atoms with E-state index >= 15 is 0 Å². The maximum Gasteiger partial charge on any atom is 0.125 e. The van der Waals surface area contributed by atoms with Crippen molar-refractivity contribution in [2.24, 2.45) is 5.92 Å². The number of rotatable bonds is 5. The van der Waals surface area contributed by atoms with Gasteiger partial charge >= 0.3 is 0 Å². The lowest BCUT2D eigenvalue weighted by molar-refractivity contribution is 0.264. The second kappa shape index (κ2) is 5.65. The van der Waals surface area contributed by atoms with Gasteiger partial charge in [-0.05, 0) is 42.9 Å². The van der Waals surface area contributed by atoms with Crippen LogP contribution in [0.4, 0.5) is 0 Å². The first-order valence-electron chi connectivity index (χ1n) is 7.48. The van der Waals surface area contributed by atoms with Crippen molar-refractivity contribution >= 4 is 0 Å². The van der Waals surface area contributed by atoms with Gasteiger partial charge in [0, 0.05) is 12.1 Å². The molecule has 20 heavy (non-hydrogen) atoms. The molecule has 0 radical (unpaired) electrons. The second-order valence-corrected chi connectivity index (χ2v) is 5.72. The molecule has 0 unspecified atom stereocenters. The lowest BCUT2D eigenvalue weighted by atomic mass is 9.85. The van der Waals surface area contributed by atoms with Crippen LogP contribution in [0.2, 0.25) is 0 Å². The van der Waals surface area contributed by atoms with Gasteiger partial charge < -0.3 is 5.11 Å². The maximum atomic E-state index is 10.0. The van der Waals surface area contributed by atoms with Gasteiger partial charge in [-0.2, -0.15) is 0 Å². The van der Waals surface area contributed by atoms with Gasteiger partial charge in [0.05, 0.1) is 6.20 Å². The Hall–Kier alpha value is -1.84. The van der Waals surface area contributed by atoms with E-state index in [2.05, 4.69) is 17.2 Å². The van der Waals surface area contributed by atoms with E-state index in [-0.39, 0.29) is 5.75 Å². The van der Waals surface area contributed by atoms with Crippen molar-refractivity contribution in [3.05, 3.63) is 30.0 Å². The standard InChI is InChI=1S/C16H21N3O/c1-2-4-12-7-8-16(20)14(9-12)15-11-19(18-17-15)10-13-5-3-6-13/h7-9,11,13,20H,2-6,10H2,1H3. The van der Waals surface area contributed by atoms with Gasteiger partial charge in [-0.1, -0.05) is 31.0 Å². The number of benzene rings is 1. The fraction of sp³-hybridized carbons (Fsp3) is 0.500. The molecule has 1 N–H and O–H groups in total. The lowest BCUT2D eigenvalue weighted by Crippen LogP contribution is -2.18. The van der Waals surface area contributed by atoms with E-state index < -0.39 is 0 Å². The minimum absolute atomic E-state index is 0.278. The van der Waals surface area contributed by atoms with Gasteiger partial charge in [-0.15, -0.1) is 5.10 Å². The first kappa shape index (κ1) is 13.2. The van der Waals surface area contributed by atoms with Crippen LogP contribution in [0, 0.1) is 5.92 Å². The van der Waals surface area contributed by atoms with Crippen molar-refractivity contribution in [3.63, 3.8) is 0 Å². The number of phenolic OH excluding ortho intramolecular Hbond substituents is 1. The zero-order valence-electron chi connectivity index (χ0n) is 11.9. The van der Waals surface area contributed by atoms with E-state index in [1.807, 2.05) is 23.0 Å². The average molecular weight is 271 g/mol. The van der Waals surface area contributed by atoms with Gasteiger partial charge in [0.15, 0.2) is 0 Å². The molecular weight excluding hydrogens is 250 g/mol. The largest absolute Gasteiger partial charge is 0.507 e. The summed E-state index contributed by atoms with van der Waals surface area (Å²) in [7, 11) is 0. The third kappa shape index (κ3) is 2.69. The third-order valence-electron chi connectivity index (χ3n) is 4.08. The van der Waals surface area contributed by atoms with Gasteiger partial charge in [-0.3, -0.25) is 4.68 Å². The van der Waals surface area contributed by atoms with Crippen molar-refractivity contribution < 1.29 is 5.11 Å². The highest BCUT2D eigenvalue weighted by Crippen LogP contribution is 2.30. The molecule has 0 aliphatic heterocycles. The van der Waals surface area contributed by atoms with Crippen molar-refractivity contribution in [1.82, 2.24) is 15.0 Å². The molecule has 0 bridgehead atoms. The highest BCUT2D eigenvalue weighted by atomic mass is 16.3. The van der Waals surface area contributed by atoms with Crippen LogP contribution in [0.3, 0.4) is 0 Å². The van der Waals surface area contributed by atoms with E-state index in [0.717, 1.165) is 36.6 Å². The molecule has 0 amide bonds. The van der Waals surface area contributed by atoms with Gasteiger partial charge in [0.2, 0.25) is 0 Å². The molecule has 1 aliphatic rings. The minimum Gasteiger partial charge on any atom is -0.507 e. The predicted molar refractivity (Wildman–Crippen MR) is 78.5 cm³/mol. The smallest absolute Gasteiger partial charge is 0.125 e. The highest BCUT2D eigenvalue weighted by Gasteiger charge is 2.19. The summed E-state index contributed by atoms with van der Waals surface area (Å²) in [5, 5.41) is 18.4. The fourth-order valence-corrected chi connectivity index (χ4v) is 2.68. The topological polar surface area (TPSA) is 50.9 Å². The van der Waals surface area contributed by atoms with Crippen LogP contribution in [0.1, 0.15) is 38.2 Å². The van der Waals surface area contributed by atoms with Crippen LogP contribution in [0.25, 0.3) is 11.3 Å². The van der Waals surface area contributed by atoms with Gasteiger partial charge in [0.1, 0.15) is 11.4 Å². The molecule has 4 heteroatoms. The molecule has 1 aliphatic carbocycles. The molecule has 1 heterocycles. The molecule has 2 aromatic rings. The van der Waals surface area contributed by atoms with Crippen molar-refractivity contribution in [1.29, 1.82) is 0 Å². The summed E-state index contributed by atoms with van der Waals surface area (Å²) < 4.78 is 1.91. The molecule has 4 nitrogen and oxygen atoms in total. The second-order valence-electron chi connectivity index (χ2n) is 5.72. The van der Waals surface area contributed by atoms with Crippen molar-refractivity contribution in [3.8, 4) is 17.0 Å². The van der Waals surface area contributed by atoms with Crippen LogP contribution in [-0.4, -0.2) is 20.1 Å². The van der Waals surface area contributed by atoms with Crippen LogP contribution in [0.15, 0.2) is 24.4 Å². The lowest BCUT2D eigenvalue weighted by Gasteiger charge is -2.24. The first-order valence-corrected chi connectivity index (χ1v) is 7.48. The molecule has 0 saturated heterocycles. The Bertz CT molecular complexity index is 587. The molecular formula is C16H21N3O. The van der Waals surface area contributed by atoms with E-state index in [1.165, 1.54) is 24.8 Å². The van der Waals surface area contributed by atoms with Crippen molar-refractivity contribution in [2.75, 3.05) is 0 Å². The highest BCUT2D eigenvalue weighted by molar-refractivity contribution is 5.66. The van der Waals surface area contributed by atoms with E-state index in [1.54, 1.807) is 6.07 Å². The number of nitrogens with zero attached hydrogens (tertiary/aromatic N) is 3. The number of aromatic nitrogens is 3. The van der Waals surface area contributed by atoms with E-state index in [9.17, 15) is 5.11 Å². The summed E-state index contributed by atoms with van der Waals surface area (Å²) in [6.07, 6.45) is 8.00. The van der Waals surface area contributed by atoms with Crippen LogP contribution in [0.5, 0.6) is 5.75 Å². The fourth-order valence-electron chi connectivity index (χ4n) is 2.68. The molecule has 106 valence electrons. The zero-order chi connectivity index (χ0) is 13.9. The van der Waals surface area contributed by atoms with Gasteiger partial charge in [-0.25, -0.2) is 0 Å². The molecule has 1 saturated carbocycles. The molecule has 0 atom stereocenters. The number of aromatic hydroxyl groups is 1. The van der Waals surface area contributed by atoms with Crippen LogP contribution < -0.4 is 0 Å². The monoisotopic (exact) mass is 271 g/mol. The maximum absolute atomic E-state index is 10.0. The zero-order valence-corrected chi connectivity index (χ0v) is 11.9. The Morgan fingerprint density at radius 3 is 2.90 bits per heavy atom. The average Bonchev–Trinajstić information content (AvgIpc) is 2.85. The Morgan fingerprint density at radius 1 is 1.35 bits per heavy atom.